The number of nitrogens with one attached hydrogen (secondary N) is 1. The number of rotatable bonds is 10. The molecular formula is C26H33N3O4S. The van der Waals surface area contributed by atoms with Gasteiger partial charge in [0.05, 0.1) is 30.2 Å². The number of hydrogen-bond donors (Lipinski definition) is 1. The number of thiazole rings is 1. The Bertz CT molecular complexity index is 1100. The van der Waals surface area contributed by atoms with Gasteiger partial charge < -0.3 is 24.1 Å². The van der Waals surface area contributed by atoms with Crippen LogP contribution in [0.4, 0.5) is 0 Å². The molecule has 0 spiro atoms. The molecule has 1 aliphatic heterocycles. The highest BCUT2D eigenvalue weighted by Crippen LogP contribution is 2.30. The molecule has 0 radical (unpaired) electrons. The van der Waals surface area contributed by atoms with Gasteiger partial charge in [0.2, 0.25) is 0 Å². The summed E-state index contributed by atoms with van der Waals surface area (Å²) in [7, 11) is 1.64. The maximum absolute atomic E-state index is 12.9. The van der Waals surface area contributed by atoms with Crippen LogP contribution in [0.5, 0.6) is 11.5 Å². The van der Waals surface area contributed by atoms with Gasteiger partial charge in [-0.15, -0.1) is 11.3 Å². The summed E-state index contributed by atoms with van der Waals surface area (Å²) in [4.78, 5) is 17.7. The number of carbonyl (C=O) groups excluding carboxylic acids is 1. The second-order valence-electron chi connectivity index (χ2n) is 8.97. The number of amides is 1. The third-order valence-electron chi connectivity index (χ3n) is 5.93. The summed E-state index contributed by atoms with van der Waals surface area (Å²) in [5.74, 6) is 1.90. The predicted octanol–water partition coefficient (Wildman–Crippen LogP) is 5.07. The standard InChI is InChI=1S/C26H33N3O4S/c1-17(2)13-27-26(30)22-12-24(29(18(22)3)14-21-6-5-11-32-21)23-16-34-25(28-23)15-33-20-9-7-19(31-4)8-10-20/h7-10,12,16-17,21H,5-6,11,13-15H2,1-4H3,(H,27,30). The van der Waals surface area contributed by atoms with Crippen LogP contribution >= 0.6 is 11.3 Å². The number of aromatic nitrogens is 2. The fourth-order valence-corrected chi connectivity index (χ4v) is 4.72. The Morgan fingerprint density at radius 1 is 1.29 bits per heavy atom. The SMILES string of the molecule is COc1ccc(OCc2nc(-c3cc(C(=O)NCC(C)C)c(C)n3CC3CCCO3)cs2)cc1. The van der Waals surface area contributed by atoms with Gasteiger partial charge in [-0.3, -0.25) is 4.79 Å². The minimum absolute atomic E-state index is 0.0446. The molecule has 8 heteroatoms. The molecule has 1 amide bonds. The van der Waals surface area contributed by atoms with Crippen molar-refractivity contribution in [3.63, 3.8) is 0 Å². The van der Waals surface area contributed by atoms with Gasteiger partial charge >= 0.3 is 0 Å². The average molecular weight is 484 g/mol. The summed E-state index contributed by atoms with van der Waals surface area (Å²) < 4.78 is 19.2. The highest BCUT2D eigenvalue weighted by molar-refractivity contribution is 7.09. The van der Waals surface area contributed by atoms with E-state index in [4.69, 9.17) is 19.2 Å². The van der Waals surface area contributed by atoms with Crippen LogP contribution in [-0.2, 0) is 17.9 Å². The Kier molecular flexibility index (Phi) is 7.90. The molecular weight excluding hydrogens is 450 g/mol. The van der Waals surface area contributed by atoms with Gasteiger partial charge in [0.1, 0.15) is 23.1 Å². The van der Waals surface area contributed by atoms with Gasteiger partial charge in [-0.2, -0.15) is 0 Å². The van der Waals surface area contributed by atoms with Crippen molar-refractivity contribution in [2.24, 2.45) is 5.92 Å². The fourth-order valence-electron chi connectivity index (χ4n) is 4.02. The third kappa shape index (κ3) is 5.80. The Balaban J connectivity index is 1.54. The lowest BCUT2D eigenvalue weighted by atomic mass is 10.2. The van der Waals surface area contributed by atoms with E-state index in [1.165, 1.54) is 0 Å². The van der Waals surface area contributed by atoms with Gasteiger partial charge in [-0.1, -0.05) is 13.8 Å². The van der Waals surface area contributed by atoms with Crippen molar-refractivity contribution >= 4 is 17.2 Å². The smallest absolute Gasteiger partial charge is 0.253 e. The molecule has 3 aromatic rings. The summed E-state index contributed by atoms with van der Waals surface area (Å²) in [5.41, 5.74) is 3.42. The number of carbonyl (C=O) groups is 1. The van der Waals surface area contributed by atoms with E-state index in [-0.39, 0.29) is 12.0 Å². The van der Waals surface area contributed by atoms with Crippen LogP contribution in [0, 0.1) is 12.8 Å². The number of ether oxygens (including phenoxy) is 3. The van der Waals surface area contributed by atoms with Crippen LogP contribution in [0.1, 0.15) is 47.7 Å². The van der Waals surface area contributed by atoms with Gasteiger partial charge in [0.15, 0.2) is 0 Å². The number of benzene rings is 1. The second-order valence-corrected chi connectivity index (χ2v) is 9.91. The summed E-state index contributed by atoms with van der Waals surface area (Å²) in [6, 6.07) is 9.46. The van der Waals surface area contributed by atoms with Crippen molar-refractivity contribution in [3.05, 3.63) is 52.0 Å². The van der Waals surface area contributed by atoms with E-state index >= 15 is 0 Å². The molecule has 1 unspecified atom stereocenters. The molecule has 7 nitrogen and oxygen atoms in total. The van der Waals surface area contributed by atoms with E-state index in [2.05, 4.69) is 23.7 Å². The van der Waals surface area contributed by atoms with Crippen molar-refractivity contribution in [1.29, 1.82) is 0 Å². The summed E-state index contributed by atoms with van der Waals surface area (Å²) in [5, 5.41) is 5.95. The molecule has 1 atom stereocenters. The monoisotopic (exact) mass is 483 g/mol. The van der Waals surface area contributed by atoms with Crippen molar-refractivity contribution in [2.75, 3.05) is 20.3 Å². The van der Waals surface area contributed by atoms with Crippen LogP contribution in [0.25, 0.3) is 11.4 Å². The quantitative estimate of drug-likeness (QED) is 0.436. The molecule has 182 valence electrons. The Labute approximate surface area is 205 Å². The van der Waals surface area contributed by atoms with Crippen LogP contribution in [0.3, 0.4) is 0 Å². The topological polar surface area (TPSA) is 74.6 Å². The van der Waals surface area contributed by atoms with E-state index in [1.54, 1.807) is 18.4 Å². The lowest BCUT2D eigenvalue weighted by molar-refractivity contribution is 0.0938. The lowest BCUT2D eigenvalue weighted by Crippen LogP contribution is -2.27. The first-order valence-corrected chi connectivity index (χ1v) is 12.6. The van der Waals surface area contributed by atoms with E-state index < -0.39 is 0 Å². The van der Waals surface area contributed by atoms with E-state index in [9.17, 15) is 4.79 Å². The third-order valence-corrected chi connectivity index (χ3v) is 6.75. The number of methoxy groups -OCH3 is 1. The minimum atomic E-state index is -0.0446. The molecule has 1 aromatic carbocycles. The largest absolute Gasteiger partial charge is 0.497 e. The highest BCUT2D eigenvalue weighted by atomic mass is 32.1. The van der Waals surface area contributed by atoms with E-state index in [0.29, 0.717) is 31.2 Å². The van der Waals surface area contributed by atoms with Gasteiger partial charge in [-0.05, 0) is 56.0 Å². The molecule has 3 heterocycles. The molecule has 1 aliphatic rings. The first kappa shape index (κ1) is 24.3. The van der Waals surface area contributed by atoms with E-state index in [0.717, 1.165) is 53.0 Å². The zero-order valence-corrected chi connectivity index (χ0v) is 21.1. The van der Waals surface area contributed by atoms with Crippen LogP contribution in [-0.4, -0.2) is 41.8 Å². The Morgan fingerprint density at radius 3 is 2.74 bits per heavy atom. The average Bonchev–Trinajstić information content (AvgIpc) is 3.58. The molecule has 0 saturated carbocycles. The molecule has 2 aromatic heterocycles. The van der Waals surface area contributed by atoms with Crippen LogP contribution in [0.2, 0.25) is 0 Å². The van der Waals surface area contributed by atoms with Crippen molar-refractivity contribution in [1.82, 2.24) is 14.9 Å². The maximum Gasteiger partial charge on any atom is 0.253 e. The molecule has 34 heavy (non-hydrogen) atoms. The lowest BCUT2D eigenvalue weighted by Gasteiger charge is -2.15. The first-order valence-electron chi connectivity index (χ1n) is 11.8. The summed E-state index contributed by atoms with van der Waals surface area (Å²) in [6.07, 6.45) is 2.27. The fraction of sp³-hybridized carbons (Fsp3) is 0.462. The maximum atomic E-state index is 12.9. The minimum Gasteiger partial charge on any atom is -0.497 e. The van der Waals surface area contributed by atoms with Crippen LogP contribution in [0.15, 0.2) is 35.7 Å². The highest BCUT2D eigenvalue weighted by Gasteiger charge is 2.24. The number of hydrogen-bond acceptors (Lipinski definition) is 6. The zero-order chi connectivity index (χ0) is 24.1. The molecule has 1 saturated heterocycles. The predicted molar refractivity (Wildman–Crippen MR) is 134 cm³/mol. The summed E-state index contributed by atoms with van der Waals surface area (Å²) in [6.45, 7) is 8.72. The van der Waals surface area contributed by atoms with Crippen LogP contribution < -0.4 is 14.8 Å². The summed E-state index contributed by atoms with van der Waals surface area (Å²) >= 11 is 1.55. The Morgan fingerprint density at radius 2 is 2.06 bits per heavy atom. The zero-order valence-electron chi connectivity index (χ0n) is 20.3. The first-order chi connectivity index (χ1) is 16.4. The molecule has 4 rings (SSSR count). The van der Waals surface area contributed by atoms with E-state index in [1.807, 2.05) is 42.6 Å². The van der Waals surface area contributed by atoms with Crippen molar-refractivity contribution in [2.45, 2.75) is 52.9 Å². The Hall–Kier alpha value is -2.84. The van der Waals surface area contributed by atoms with Crippen molar-refractivity contribution in [3.8, 4) is 22.9 Å². The molecule has 1 N–H and O–H groups in total. The molecule has 0 bridgehead atoms. The number of nitrogens with zero attached hydrogens (tertiary/aromatic N) is 2. The molecule has 0 aliphatic carbocycles. The van der Waals surface area contributed by atoms with Crippen molar-refractivity contribution < 1.29 is 19.0 Å². The van der Waals surface area contributed by atoms with Gasteiger partial charge in [0, 0.05) is 30.8 Å². The van der Waals surface area contributed by atoms with Gasteiger partial charge in [0.25, 0.3) is 5.91 Å². The normalized spacial score (nSPS) is 15.6. The second kappa shape index (κ2) is 11.1. The van der Waals surface area contributed by atoms with Gasteiger partial charge in [-0.25, -0.2) is 4.98 Å². The molecule has 1 fully saturated rings.